The van der Waals surface area contributed by atoms with Crippen molar-refractivity contribution in [3.8, 4) is 0 Å². The van der Waals surface area contributed by atoms with E-state index in [-0.39, 0.29) is 17.9 Å². The highest BCUT2D eigenvalue weighted by Gasteiger charge is 2.35. The summed E-state index contributed by atoms with van der Waals surface area (Å²) in [5.41, 5.74) is 3.51. The summed E-state index contributed by atoms with van der Waals surface area (Å²) in [5.74, 6) is 0.501. The number of piperidine rings is 1. The second-order valence-corrected chi connectivity index (χ2v) is 13.9. The summed E-state index contributed by atoms with van der Waals surface area (Å²) in [7, 11) is 4.28. The molecule has 44 heavy (non-hydrogen) atoms. The summed E-state index contributed by atoms with van der Waals surface area (Å²) in [6, 6.07) is 15.8. The number of benzene rings is 2. The van der Waals surface area contributed by atoms with Gasteiger partial charge in [-0.1, -0.05) is 61.8 Å². The second-order valence-electron chi connectivity index (χ2n) is 13.4. The Kier molecular flexibility index (Phi) is 11.4. The summed E-state index contributed by atoms with van der Waals surface area (Å²) in [6.45, 7) is 12.2. The molecule has 0 radical (unpaired) electrons. The van der Waals surface area contributed by atoms with Gasteiger partial charge in [-0.3, -0.25) is 14.5 Å². The van der Waals surface area contributed by atoms with Crippen molar-refractivity contribution in [2.24, 2.45) is 5.92 Å². The summed E-state index contributed by atoms with van der Waals surface area (Å²) >= 11 is 6.15. The number of carbonyl (C=O) groups is 2. The third-order valence-corrected chi connectivity index (χ3v) is 9.89. The van der Waals surface area contributed by atoms with E-state index in [0.29, 0.717) is 42.9 Å². The maximum atomic E-state index is 14.1. The van der Waals surface area contributed by atoms with E-state index >= 15 is 0 Å². The van der Waals surface area contributed by atoms with Crippen LogP contribution in [0, 0.1) is 5.92 Å². The van der Waals surface area contributed by atoms with Crippen LogP contribution >= 0.6 is 11.6 Å². The Labute approximate surface area is 269 Å². The number of nitrogens with one attached hydrogen (secondary N) is 1. The van der Waals surface area contributed by atoms with Crippen LogP contribution in [0.15, 0.2) is 48.5 Å². The molecule has 2 aromatic rings. The zero-order chi connectivity index (χ0) is 31.2. The number of hydrogen-bond acceptors (Lipinski definition) is 6. The fraction of sp³-hybridized carbons (Fsp3) is 0.600. The van der Waals surface area contributed by atoms with Gasteiger partial charge in [0.25, 0.3) is 0 Å². The molecule has 0 aromatic heterocycles. The van der Waals surface area contributed by atoms with Gasteiger partial charge in [0.05, 0.1) is 0 Å². The van der Waals surface area contributed by atoms with Crippen LogP contribution in [0.4, 0.5) is 0 Å². The van der Waals surface area contributed by atoms with Crippen molar-refractivity contribution in [1.29, 1.82) is 0 Å². The van der Waals surface area contributed by atoms with Crippen LogP contribution in [0.5, 0.6) is 0 Å². The molecule has 1 N–H and O–H groups in total. The first kappa shape index (κ1) is 32.9. The third-order valence-electron chi connectivity index (χ3n) is 9.64. The van der Waals surface area contributed by atoms with Gasteiger partial charge < -0.3 is 15.1 Å². The molecule has 240 valence electrons. The van der Waals surface area contributed by atoms with Gasteiger partial charge in [0.1, 0.15) is 6.04 Å². The van der Waals surface area contributed by atoms with E-state index in [0.717, 1.165) is 64.1 Å². The molecular weight excluding hydrogens is 572 g/mol. The van der Waals surface area contributed by atoms with Gasteiger partial charge in [-0.05, 0) is 68.1 Å². The highest BCUT2D eigenvalue weighted by molar-refractivity contribution is 6.30. The zero-order valence-corrected chi connectivity index (χ0v) is 27.8. The van der Waals surface area contributed by atoms with E-state index in [4.69, 9.17) is 11.6 Å². The molecule has 9 heteroatoms. The number of likely N-dealkylation sites (tertiary alicyclic amines) is 1. The lowest BCUT2D eigenvalue weighted by atomic mass is 9.91. The average molecular weight is 623 g/mol. The molecule has 3 aliphatic heterocycles. The van der Waals surface area contributed by atoms with E-state index in [9.17, 15) is 9.59 Å². The van der Waals surface area contributed by atoms with Gasteiger partial charge in [0.2, 0.25) is 11.8 Å². The Bertz CT molecular complexity index is 1240. The van der Waals surface area contributed by atoms with E-state index in [1.807, 2.05) is 35.2 Å². The molecule has 2 aromatic carbocycles. The first-order chi connectivity index (χ1) is 21.2. The lowest BCUT2D eigenvalue weighted by molar-refractivity contribution is -0.141. The third kappa shape index (κ3) is 8.40. The van der Waals surface area contributed by atoms with Crippen LogP contribution in [0.2, 0.25) is 5.02 Å². The van der Waals surface area contributed by atoms with Crippen molar-refractivity contribution in [2.75, 3.05) is 66.5 Å². The van der Waals surface area contributed by atoms with Crippen molar-refractivity contribution in [3.63, 3.8) is 0 Å². The van der Waals surface area contributed by atoms with E-state index < -0.39 is 6.04 Å². The monoisotopic (exact) mass is 622 g/mol. The predicted octanol–water partition coefficient (Wildman–Crippen LogP) is 4.10. The normalized spacial score (nSPS) is 21.4. The minimum absolute atomic E-state index is 0.00324. The summed E-state index contributed by atoms with van der Waals surface area (Å²) in [5, 5.41) is 8.99. The number of fused-ring (bicyclic) bond motifs is 1. The van der Waals surface area contributed by atoms with Crippen molar-refractivity contribution < 1.29 is 9.59 Å². The fourth-order valence-electron chi connectivity index (χ4n) is 7.06. The molecule has 2 saturated heterocycles. The van der Waals surface area contributed by atoms with Gasteiger partial charge >= 0.3 is 0 Å². The molecule has 5 rings (SSSR count). The van der Waals surface area contributed by atoms with Crippen LogP contribution in [0.3, 0.4) is 0 Å². The van der Waals surface area contributed by atoms with Gasteiger partial charge in [0.15, 0.2) is 0 Å². The number of amides is 2. The first-order valence-corrected chi connectivity index (χ1v) is 16.9. The quantitative estimate of drug-likeness (QED) is 0.431. The molecule has 2 amide bonds. The van der Waals surface area contributed by atoms with Crippen LogP contribution in [-0.2, 0) is 22.4 Å². The molecule has 0 bridgehead atoms. The Morgan fingerprint density at radius 1 is 0.932 bits per heavy atom. The highest BCUT2D eigenvalue weighted by atomic mass is 35.5. The zero-order valence-electron chi connectivity index (χ0n) is 27.1. The molecule has 2 atom stereocenters. The fourth-order valence-corrected chi connectivity index (χ4v) is 7.18. The van der Waals surface area contributed by atoms with Gasteiger partial charge in [0, 0.05) is 82.3 Å². The average Bonchev–Trinajstić information content (AvgIpc) is 3.02. The SMILES string of the molecule is CC(C)CN(C1CCN(C(=O)C(Cc2ccc(Cl)cc2)NC(=O)CC2c3ccccc3CCN2C)CC1)N1CCN(C)CC1. The molecular formula is C35H51ClN6O2. The molecule has 0 spiro atoms. The lowest BCUT2D eigenvalue weighted by Gasteiger charge is -2.47. The van der Waals surface area contributed by atoms with Crippen LogP contribution < -0.4 is 5.32 Å². The van der Waals surface area contributed by atoms with E-state index in [1.54, 1.807) is 0 Å². The topological polar surface area (TPSA) is 62.4 Å². The molecule has 2 unspecified atom stereocenters. The van der Waals surface area contributed by atoms with Crippen molar-refractivity contribution in [2.45, 2.75) is 64.1 Å². The summed E-state index contributed by atoms with van der Waals surface area (Å²) in [4.78, 5) is 34.3. The molecule has 3 aliphatic rings. The number of likely N-dealkylation sites (N-methyl/N-ethyl adjacent to an activating group) is 2. The van der Waals surface area contributed by atoms with Crippen LogP contribution in [0.25, 0.3) is 0 Å². The molecule has 0 saturated carbocycles. The summed E-state index contributed by atoms with van der Waals surface area (Å²) in [6.07, 6.45) is 3.64. The summed E-state index contributed by atoms with van der Waals surface area (Å²) < 4.78 is 0. The Morgan fingerprint density at radius 3 is 2.30 bits per heavy atom. The number of piperazine rings is 1. The standard InChI is InChI=1S/C35H51ClN6O2/c1-26(2)25-42(41-21-19-38(3)20-22-41)30-14-17-40(18-15-30)35(44)32(23-27-9-11-29(36)12-10-27)37-34(43)24-33-31-8-6-5-7-28(31)13-16-39(33)4/h5-12,26,30,32-33H,13-25H2,1-4H3,(H,37,43). The van der Waals surface area contributed by atoms with Crippen molar-refractivity contribution in [1.82, 2.24) is 30.0 Å². The van der Waals surface area contributed by atoms with Crippen molar-refractivity contribution in [3.05, 3.63) is 70.2 Å². The first-order valence-electron chi connectivity index (χ1n) is 16.5. The molecule has 8 nitrogen and oxygen atoms in total. The minimum Gasteiger partial charge on any atom is -0.344 e. The van der Waals surface area contributed by atoms with Crippen LogP contribution in [0.1, 0.15) is 55.8 Å². The maximum Gasteiger partial charge on any atom is 0.245 e. The minimum atomic E-state index is -0.617. The lowest BCUT2D eigenvalue weighted by Crippen LogP contribution is -2.60. The Hall–Kier alpha value is -2.49. The van der Waals surface area contributed by atoms with E-state index in [1.165, 1.54) is 11.1 Å². The van der Waals surface area contributed by atoms with Gasteiger partial charge in [-0.2, -0.15) is 0 Å². The van der Waals surface area contributed by atoms with E-state index in [2.05, 4.69) is 71.3 Å². The number of nitrogens with zero attached hydrogens (tertiary/aromatic N) is 5. The number of hydrazine groups is 1. The number of hydrogen-bond donors (Lipinski definition) is 1. The smallest absolute Gasteiger partial charge is 0.245 e. The van der Waals surface area contributed by atoms with Gasteiger partial charge in [-0.15, -0.1) is 0 Å². The second kappa shape index (κ2) is 15.2. The van der Waals surface area contributed by atoms with Gasteiger partial charge in [-0.25, -0.2) is 10.0 Å². The van der Waals surface area contributed by atoms with Crippen molar-refractivity contribution >= 4 is 23.4 Å². The Balaban J connectivity index is 1.26. The number of halogens is 1. The predicted molar refractivity (Wildman–Crippen MR) is 177 cm³/mol. The molecule has 0 aliphatic carbocycles. The maximum absolute atomic E-state index is 14.1. The molecule has 2 fully saturated rings. The molecule has 3 heterocycles. The Morgan fingerprint density at radius 2 is 1.61 bits per heavy atom. The largest absolute Gasteiger partial charge is 0.344 e. The highest BCUT2D eigenvalue weighted by Crippen LogP contribution is 2.31. The number of rotatable bonds is 10. The van der Waals surface area contributed by atoms with Crippen LogP contribution in [-0.4, -0.2) is 115 Å². The number of carbonyl (C=O) groups excluding carboxylic acids is 2.